The molecule has 0 saturated heterocycles. The SMILES string of the molecule is NCCCCCCOS(=O)(=O)O. The van der Waals surface area contributed by atoms with Gasteiger partial charge in [0.25, 0.3) is 0 Å². The maximum absolute atomic E-state index is 10.0. The fraction of sp³-hybridized carbons (Fsp3) is 1.00. The minimum atomic E-state index is -4.24. The first-order chi connectivity index (χ1) is 5.56. The molecule has 0 rings (SSSR count). The highest BCUT2D eigenvalue weighted by atomic mass is 32.3. The van der Waals surface area contributed by atoms with Crippen molar-refractivity contribution in [2.75, 3.05) is 13.2 Å². The van der Waals surface area contributed by atoms with Crippen molar-refractivity contribution in [3.63, 3.8) is 0 Å². The molecule has 74 valence electrons. The lowest BCUT2D eigenvalue weighted by Crippen LogP contribution is -2.05. The molecule has 0 aromatic heterocycles. The Labute approximate surface area is 72.9 Å². The highest BCUT2D eigenvalue weighted by Gasteiger charge is 2.02. The third-order valence-electron chi connectivity index (χ3n) is 1.33. The van der Waals surface area contributed by atoms with Crippen molar-refractivity contribution in [1.82, 2.24) is 0 Å². The Balaban J connectivity index is 3.12. The number of nitrogens with two attached hydrogens (primary N) is 1. The molecule has 0 spiro atoms. The third kappa shape index (κ3) is 9.83. The molecule has 6 heteroatoms. The molecule has 0 atom stereocenters. The second-order valence-electron chi connectivity index (χ2n) is 2.45. The Bertz CT molecular complexity index is 190. The Kier molecular flexibility index (Phi) is 6.27. The standard InChI is InChI=1S/C6H15NO4S/c7-5-3-1-2-4-6-11-12(8,9)10/h1-7H2,(H,8,9,10). The van der Waals surface area contributed by atoms with E-state index in [1.807, 2.05) is 0 Å². The van der Waals surface area contributed by atoms with E-state index in [0.29, 0.717) is 13.0 Å². The fourth-order valence-corrected chi connectivity index (χ4v) is 1.09. The van der Waals surface area contributed by atoms with E-state index < -0.39 is 10.4 Å². The van der Waals surface area contributed by atoms with E-state index in [1.165, 1.54) is 0 Å². The highest BCUT2D eigenvalue weighted by Crippen LogP contribution is 1.99. The van der Waals surface area contributed by atoms with Crippen LogP contribution in [0.4, 0.5) is 0 Å². The predicted molar refractivity (Wildman–Crippen MR) is 45.0 cm³/mol. The first-order valence-corrected chi connectivity index (χ1v) is 5.24. The zero-order valence-corrected chi connectivity index (χ0v) is 7.72. The molecule has 0 bridgehead atoms. The maximum Gasteiger partial charge on any atom is 0.397 e. The van der Waals surface area contributed by atoms with Crippen LogP contribution >= 0.6 is 0 Å². The summed E-state index contributed by atoms with van der Waals surface area (Å²) in [5, 5.41) is 0. The van der Waals surface area contributed by atoms with Gasteiger partial charge in [-0.3, -0.25) is 4.55 Å². The zero-order valence-electron chi connectivity index (χ0n) is 6.90. The van der Waals surface area contributed by atoms with Crippen molar-refractivity contribution in [2.24, 2.45) is 5.73 Å². The number of rotatable bonds is 7. The fourth-order valence-electron chi connectivity index (χ4n) is 0.764. The molecule has 0 aromatic rings. The maximum atomic E-state index is 10.0. The van der Waals surface area contributed by atoms with Gasteiger partial charge in [0.05, 0.1) is 6.61 Å². The van der Waals surface area contributed by atoms with Crippen molar-refractivity contribution in [2.45, 2.75) is 25.7 Å². The lowest BCUT2D eigenvalue weighted by Gasteiger charge is -1.99. The Morgan fingerprint density at radius 3 is 2.25 bits per heavy atom. The summed E-state index contributed by atoms with van der Waals surface area (Å²) < 4.78 is 32.3. The van der Waals surface area contributed by atoms with Crippen LogP contribution in [0.2, 0.25) is 0 Å². The van der Waals surface area contributed by atoms with Gasteiger partial charge in [-0.15, -0.1) is 0 Å². The molecule has 0 aliphatic heterocycles. The van der Waals surface area contributed by atoms with Crippen LogP contribution in [0.25, 0.3) is 0 Å². The summed E-state index contributed by atoms with van der Waals surface area (Å²) in [6.07, 6.45) is 3.39. The zero-order chi connectivity index (χ0) is 9.45. The topological polar surface area (TPSA) is 89.6 Å². The van der Waals surface area contributed by atoms with Crippen LogP contribution in [0.1, 0.15) is 25.7 Å². The van der Waals surface area contributed by atoms with Gasteiger partial charge in [0.1, 0.15) is 0 Å². The first kappa shape index (κ1) is 11.8. The molecule has 0 fully saturated rings. The number of hydrogen-bond acceptors (Lipinski definition) is 4. The largest absolute Gasteiger partial charge is 0.397 e. The van der Waals surface area contributed by atoms with E-state index in [0.717, 1.165) is 19.3 Å². The van der Waals surface area contributed by atoms with Gasteiger partial charge < -0.3 is 5.73 Å². The second-order valence-corrected chi connectivity index (χ2v) is 3.54. The first-order valence-electron chi connectivity index (χ1n) is 3.88. The number of hydrogen-bond donors (Lipinski definition) is 2. The molecule has 0 unspecified atom stereocenters. The average molecular weight is 197 g/mol. The average Bonchev–Trinajstić information content (AvgIpc) is 1.94. The van der Waals surface area contributed by atoms with Crippen LogP contribution < -0.4 is 5.73 Å². The molecule has 0 radical (unpaired) electrons. The monoisotopic (exact) mass is 197 g/mol. The summed E-state index contributed by atoms with van der Waals surface area (Å²) in [4.78, 5) is 0. The Morgan fingerprint density at radius 2 is 1.75 bits per heavy atom. The normalized spacial score (nSPS) is 11.8. The number of unbranched alkanes of at least 4 members (excludes halogenated alkanes) is 3. The summed E-state index contributed by atoms with van der Waals surface area (Å²) in [7, 11) is -4.24. The quantitative estimate of drug-likeness (QED) is 0.453. The molecule has 0 aliphatic rings. The molecule has 3 N–H and O–H groups in total. The van der Waals surface area contributed by atoms with Gasteiger partial charge in [-0.1, -0.05) is 12.8 Å². The van der Waals surface area contributed by atoms with Crippen molar-refractivity contribution < 1.29 is 17.2 Å². The lowest BCUT2D eigenvalue weighted by molar-refractivity contribution is 0.261. The minimum Gasteiger partial charge on any atom is -0.330 e. The van der Waals surface area contributed by atoms with E-state index in [-0.39, 0.29) is 6.61 Å². The van der Waals surface area contributed by atoms with Crippen LogP contribution in [-0.2, 0) is 14.6 Å². The van der Waals surface area contributed by atoms with E-state index in [1.54, 1.807) is 0 Å². The van der Waals surface area contributed by atoms with E-state index in [2.05, 4.69) is 4.18 Å². The van der Waals surface area contributed by atoms with Crippen LogP contribution in [0.5, 0.6) is 0 Å². The van der Waals surface area contributed by atoms with Gasteiger partial charge in [0.2, 0.25) is 0 Å². The van der Waals surface area contributed by atoms with E-state index in [4.69, 9.17) is 10.3 Å². The van der Waals surface area contributed by atoms with Crippen molar-refractivity contribution >= 4 is 10.4 Å². The summed E-state index contributed by atoms with van der Waals surface area (Å²) in [5.41, 5.74) is 5.25. The van der Waals surface area contributed by atoms with Crippen LogP contribution in [0, 0.1) is 0 Å². The summed E-state index contributed by atoms with van der Waals surface area (Å²) in [6, 6.07) is 0. The third-order valence-corrected chi connectivity index (χ3v) is 1.80. The molecular weight excluding hydrogens is 182 g/mol. The van der Waals surface area contributed by atoms with E-state index >= 15 is 0 Å². The Morgan fingerprint density at radius 1 is 1.17 bits per heavy atom. The highest BCUT2D eigenvalue weighted by molar-refractivity contribution is 7.80. The predicted octanol–water partition coefficient (Wildman–Crippen LogP) is 0.325. The molecular formula is C6H15NO4S. The van der Waals surface area contributed by atoms with Gasteiger partial charge in [-0.2, -0.15) is 8.42 Å². The molecule has 0 aliphatic carbocycles. The minimum absolute atomic E-state index is 0.0450. The van der Waals surface area contributed by atoms with Crippen LogP contribution in [0.3, 0.4) is 0 Å². The van der Waals surface area contributed by atoms with Gasteiger partial charge in [-0.05, 0) is 19.4 Å². The van der Waals surface area contributed by atoms with Crippen molar-refractivity contribution in [3.8, 4) is 0 Å². The van der Waals surface area contributed by atoms with E-state index in [9.17, 15) is 8.42 Å². The molecule has 5 nitrogen and oxygen atoms in total. The molecule has 0 heterocycles. The Hall–Kier alpha value is -0.170. The summed E-state index contributed by atoms with van der Waals surface area (Å²) in [5.74, 6) is 0. The lowest BCUT2D eigenvalue weighted by atomic mass is 10.2. The van der Waals surface area contributed by atoms with Gasteiger partial charge in [0.15, 0.2) is 0 Å². The molecule has 12 heavy (non-hydrogen) atoms. The smallest absolute Gasteiger partial charge is 0.330 e. The van der Waals surface area contributed by atoms with Crippen LogP contribution in [-0.4, -0.2) is 26.1 Å². The molecule has 0 saturated carbocycles. The second kappa shape index (κ2) is 6.36. The molecule has 0 aromatic carbocycles. The van der Waals surface area contributed by atoms with Crippen LogP contribution in [0.15, 0.2) is 0 Å². The van der Waals surface area contributed by atoms with Gasteiger partial charge >= 0.3 is 10.4 Å². The summed E-state index contributed by atoms with van der Waals surface area (Å²) >= 11 is 0. The van der Waals surface area contributed by atoms with Crippen molar-refractivity contribution in [1.29, 1.82) is 0 Å². The van der Waals surface area contributed by atoms with Gasteiger partial charge in [0, 0.05) is 0 Å². The van der Waals surface area contributed by atoms with Gasteiger partial charge in [-0.25, -0.2) is 4.18 Å². The summed E-state index contributed by atoms with van der Waals surface area (Å²) in [6.45, 7) is 0.697. The van der Waals surface area contributed by atoms with Crippen molar-refractivity contribution in [3.05, 3.63) is 0 Å². The molecule has 0 amide bonds.